The summed E-state index contributed by atoms with van der Waals surface area (Å²) in [6.07, 6.45) is 0.730. The average molecular weight is 448 g/mol. The summed E-state index contributed by atoms with van der Waals surface area (Å²) in [5.41, 5.74) is 1.84. The Morgan fingerprint density at radius 2 is 2.00 bits per heavy atom. The van der Waals surface area contributed by atoms with Gasteiger partial charge in [-0.15, -0.1) is 0 Å². The second-order valence-electron chi connectivity index (χ2n) is 8.58. The first-order valence-electron chi connectivity index (χ1n) is 9.67. The quantitative estimate of drug-likeness (QED) is 0.393. The van der Waals surface area contributed by atoms with E-state index in [9.17, 15) is 9.36 Å². The van der Waals surface area contributed by atoms with Crippen LogP contribution in [-0.4, -0.2) is 48.1 Å². The van der Waals surface area contributed by atoms with Crippen molar-refractivity contribution in [2.45, 2.75) is 52.1 Å². The van der Waals surface area contributed by atoms with Crippen molar-refractivity contribution in [1.82, 2.24) is 5.32 Å². The van der Waals surface area contributed by atoms with E-state index in [2.05, 4.69) is 26.1 Å². The molecule has 1 aliphatic rings. The molecule has 0 spiro atoms. The van der Waals surface area contributed by atoms with Crippen LogP contribution in [0.3, 0.4) is 0 Å². The molecule has 0 amide bonds. The molecule has 29 heavy (non-hydrogen) atoms. The normalized spacial score (nSPS) is 19.7. The molecule has 0 aliphatic carbocycles. The third-order valence-corrected chi connectivity index (χ3v) is 6.07. The van der Waals surface area contributed by atoms with Crippen LogP contribution in [0.4, 0.5) is 0 Å². The van der Waals surface area contributed by atoms with Gasteiger partial charge in [0.05, 0.1) is 11.6 Å². The molecule has 0 saturated heterocycles. The van der Waals surface area contributed by atoms with Crippen molar-refractivity contribution in [3.63, 3.8) is 0 Å². The molecule has 9 heteroatoms. The van der Waals surface area contributed by atoms with E-state index in [1.807, 2.05) is 6.07 Å². The molecule has 0 radical (unpaired) electrons. The van der Waals surface area contributed by atoms with E-state index in [1.165, 1.54) is 0 Å². The van der Waals surface area contributed by atoms with Crippen molar-refractivity contribution >= 4 is 25.0 Å². The Bertz CT molecular complexity index is 773. The minimum Gasteiger partial charge on any atom is -0.492 e. The lowest BCUT2D eigenvalue weighted by Gasteiger charge is -2.40. The number of fused-ring (bicyclic) bond motifs is 1. The zero-order chi connectivity index (χ0) is 21.8. The maximum atomic E-state index is 12.2. The predicted octanol–water partition coefficient (Wildman–Crippen LogP) is 3.49. The summed E-state index contributed by atoms with van der Waals surface area (Å²) in [6, 6.07) is 3.45. The second kappa shape index (κ2) is 9.90. The lowest BCUT2D eigenvalue weighted by molar-refractivity contribution is -0.117. The monoisotopic (exact) mass is 447 g/mol. The number of carbonyl (C=O) groups excluding carboxylic acids is 1. The van der Waals surface area contributed by atoms with Gasteiger partial charge in [-0.25, -0.2) is 0 Å². The summed E-state index contributed by atoms with van der Waals surface area (Å²) in [4.78, 5) is 30.5. The molecule has 1 aromatic carbocycles. The lowest BCUT2D eigenvalue weighted by Crippen LogP contribution is -2.47. The zero-order valence-corrected chi connectivity index (χ0v) is 19.1. The number of ketones is 1. The van der Waals surface area contributed by atoms with E-state index in [-0.39, 0.29) is 23.9 Å². The van der Waals surface area contributed by atoms with Crippen LogP contribution in [-0.2, 0) is 20.5 Å². The molecule has 2 unspecified atom stereocenters. The van der Waals surface area contributed by atoms with Gasteiger partial charge in [0.15, 0.2) is 0 Å². The highest BCUT2D eigenvalue weighted by Gasteiger charge is 2.35. The molecular weight excluding hydrogens is 417 g/mol. The molecule has 0 fully saturated rings. The first kappa shape index (κ1) is 24.3. The number of methoxy groups -OCH3 is 1. The van der Waals surface area contributed by atoms with Crippen LogP contribution in [0.15, 0.2) is 12.1 Å². The molecule has 164 valence electrons. The van der Waals surface area contributed by atoms with E-state index >= 15 is 0 Å². The van der Waals surface area contributed by atoms with Crippen molar-refractivity contribution in [1.29, 1.82) is 0 Å². The maximum absolute atomic E-state index is 12.2. The van der Waals surface area contributed by atoms with Gasteiger partial charge >= 0.3 is 7.60 Å². The highest BCUT2D eigenvalue weighted by atomic mass is 35.5. The van der Waals surface area contributed by atoms with Gasteiger partial charge in [-0.2, -0.15) is 0 Å². The van der Waals surface area contributed by atoms with E-state index in [1.54, 1.807) is 13.2 Å². The summed E-state index contributed by atoms with van der Waals surface area (Å²) in [5.74, 6) is 0.115. The molecule has 2 rings (SSSR count). The van der Waals surface area contributed by atoms with E-state index < -0.39 is 19.5 Å². The van der Waals surface area contributed by atoms with Crippen LogP contribution >= 0.6 is 19.2 Å². The van der Waals surface area contributed by atoms with Gasteiger partial charge in [0.1, 0.15) is 17.7 Å². The van der Waals surface area contributed by atoms with Gasteiger partial charge in [0.2, 0.25) is 0 Å². The minimum absolute atomic E-state index is 0.00490. The summed E-state index contributed by atoms with van der Waals surface area (Å²) >= 11 is 6.42. The lowest BCUT2D eigenvalue weighted by atomic mass is 9.77. The second-order valence-corrected chi connectivity index (χ2v) is 10.6. The molecule has 0 saturated carbocycles. The molecule has 7 nitrogen and oxygen atoms in total. The molecule has 2 atom stereocenters. The van der Waals surface area contributed by atoms with Crippen molar-refractivity contribution in [2.75, 3.05) is 26.5 Å². The first-order chi connectivity index (χ1) is 13.4. The average Bonchev–Trinajstić information content (AvgIpc) is 2.56. The van der Waals surface area contributed by atoms with Crippen LogP contribution in [0, 0.1) is 5.41 Å². The molecule has 1 aliphatic heterocycles. The van der Waals surface area contributed by atoms with Crippen LogP contribution in [0.5, 0.6) is 5.75 Å². The van der Waals surface area contributed by atoms with Crippen molar-refractivity contribution in [3.05, 3.63) is 28.3 Å². The van der Waals surface area contributed by atoms with E-state index in [0.29, 0.717) is 24.0 Å². The van der Waals surface area contributed by atoms with Gasteiger partial charge < -0.3 is 24.6 Å². The number of carbonyl (C=O) groups is 1. The van der Waals surface area contributed by atoms with Crippen molar-refractivity contribution in [2.24, 2.45) is 5.41 Å². The number of benzene rings is 1. The summed E-state index contributed by atoms with van der Waals surface area (Å²) in [6.45, 7) is 7.42. The summed E-state index contributed by atoms with van der Waals surface area (Å²) < 4.78 is 22.0. The first-order valence-corrected chi connectivity index (χ1v) is 11.8. The minimum atomic E-state index is -4.39. The molecule has 1 heterocycles. The standard InChI is InChI=1S/C20H31ClNO6P/c1-20(2,3)19-9-13-8-18(28-7-5-6-27-4)16(21)11-15(13)17(22-19)10-14(23)12-29(24,25)26/h8,11,17,19,22H,5-7,9-10,12H2,1-4H3,(H2,24,25,26). The Hall–Kier alpha value is -0.950. The smallest absolute Gasteiger partial charge is 0.332 e. The largest absolute Gasteiger partial charge is 0.492 e. The fourth-order valence-electron chi connectivity index (χ4n) is 3.47. The van der Waals surface area contributed by atoms with Crippen LogP contribution in [0.1, 0.15) is 50.8 Å². The summed E-state index contributed by atoms with van der Waals surface area (Å²) in [7, 11) is -2.75. The third kappa shape index (κ3) is 7.35. The molecule has 1 aromatic rings. The number of hydrogen-bond donors (Lipinski definition) is 3. The Morgan fingerprint density at radius 3 is 2.59 bits per heavy atom. The fraction of sp³-hybridized carbons (Fsp3) is 0.650. The van der Waals surface area contributed by atoms with Gasteiger partial charge in [0, 0.05) is 38.6 Å². The van der Waals surface area contributed by atoms with Crippen molar-refractivity contribution in [3.8, 4) is 5.75 Å². The Balaban J connectivity index is 2.28. The number of Topliss-reactive ketones (excluding diaryl/α,β-unsaturated/α-hetero) is 1. The highest BCUT2D eigenvalue weighted by molar-refractivity contribution is 7.52. The number of ether oxygens (including phenoxy) is 2. The number of hydrogen-bond acceptors (Lipinski definition) is 5. The van der Waals surface area contributed by atoms with Gasteiger partial charge in [0.25, 0.3) is 0 Å². The Kier molecular flexibility index (Phi) is 8.31. The van der Waals surface area contributed by atoms with Crippen LogP contribution in [0.25, 0.3) is 0 Å². The summed E-state index contributed by atoms with van der Waals surface area (Å²) in [5, 5.41) is 3.93. The zero-order valence-electron chi connectivity index (χ0n) is 17.4. The van der Waals surface area contributed by atoms with Gasteiger partial charge in [-0.1, -0.05) is 32.4 Å². The van der Waals surface area contributed by atoms with Crippen molar-refractivity contribution < 1.29 is 28.6 Å². The van der Waals surface area contributed by atoms with Crippen LogP contribution < -0.4 is 10.1 Å². The number of rotatable bonds is 9. The number of halogens is 1. The molecule has 3 N–H and O–H groups in total. The molecule has 0 bridgehead atoms. The maximum Gasteiger partial charge on any atom is 0.332 e. The van der Waals surface area contributed by atoms with Crippen LogP contribution in [0.2, 0.25) is 5.02 Å². The molecular formula is C20H31ClNO6P. The SMILES string of the molecule is COCCCOc1cc2c(cc1Cl)C(CC(=O)CP(=O)(O)O)NC(C(C)(C)C)C2. The van der Waals surface area contributed by atoms with Gasteiger partial charge in [-0.3, -0.25) is 9.36 Å². The van der Waals surface area contributed by atoms with E-state index in [4.69, 9.17) is 30.9 Å². The fourth-order valence-corrected chi connectivity index (χ4v) is 4.28. The number of nitrogens with one attached hydrogen (secondary N) is 1. The highest BCUT2D eigenvalue weighted by Crippen LogP contribution is 2.40. The van der Waals surface area contributed by atoms with E-state index in [0.717, 1.165) is 24.0 Å². The Morgan fingerprint density at radius 1 is 1.31 bits per heavy atom. The predicted molar refractivity (Wildman–Crippen MR) is 113 cm³/mol. The topological polar surface area (TPSA) is 105 Å². The third-order valence-electron chi connectivity index (χ3n) is 5.01. The molecule has 0 aromatic heterocycles. The van der Waals surface area contributed by atoms with Gasteiger partial charge in [-0.05, 0) is 35.1 Å². The Labute approximate surface area is 177 Å².